The molecular weight excluding hydrogens is 307 g/mol. The van der Waals surface area contributed by atoms with Crippen LogP contribution in [0.4, 0.5) is 4.39 Å². The standard InChI is InChI=1S/C19H21FN2O2/c1-21-19(24)16-9-7-14(8-10-16)13-22(2)18(23)12-11-15-5-3-4-6-17(15)20/h3-10H,11-13H2,1-2H3,(H,21,24). The van der Waals surface area contributed by atoms with Crippen molar-refractivity contribution in [2.24, 2.45) is 0 Å². The van der Waals surface area contributed by atoms with Crippen molar-refractivity contribution >= 4 is 11.8 Å². The van der Waals surface area contributed by atoms with Gasteiger partial charge in [-0.25, -0.2) is 4.39 Å². The lowest BCUT2D eigenvalue weighted by Gasteiger charge is -2.17. The molecule has 0 aliphatic rings. The molecule has 0 atom stereocenters. The Morgan fingerprint density at radius 1 is 1.08 bits per heavy atom. The fourth-order valence-electron chi connectivity index (χ4n) is 2.40. The molecule has 0 fully saturated rings. The van der Waals surface area contributed by atoms with E-state index in [0.29, 0.717) is 24.1 Å². The van der Waals surface area contributed by atoms with Crippen molar-refractivity contribution in [3.63, 3.8) is 0 Å². The Hall–Kier alpha value is -2.69. The Morgan fingerprint density at radius 3 is 2.38 bits per heavy atom. The maximum absolute atomic E-state index is 13.6. The highest BCUT2D eigenvalue weighted by Crippen LogP contribution is 2.11. The van der Waals surface area contributed by atoms with Crippen molar-refractivity contribution in [2.45, 2.75) is 19.4 Å². The van der Waals surface area contributed by atoms with E-state index >= 15 is 0 Å². The molecule has 0 radical (unpaired) electrons. The van der Waals surface area contributed by atoms with Crippen LogP contribution in [0.15, 0.2) is 48.5 Å². The lowest BCUT2D eigenvalue weighted by Crippen LogP contribution is -2.26. The Labute approximate surface area is 141 Å². The van der Waals surface area contributed by atoms with Gasteiger partial charge in [0.05, 0.1) is 0 Å². The molecule has 0 spiro atoms. The van der Waals surface area contributed by atoms with Crippen LogP contribution in [-0.2, 0) is 17.8 Å². The van der Waals surface area contributed by atoms with Gasteiger partial charge in [0.15, 0.2) is 0 Å². The number of aryl methyl sites for hydroxylation is 1. The highest BCUT2D eigenvalue weighted by molar-refractivity contribution is 5.93. The molecule has 0 aliphatic heterocycles. The lowest BCUT2D eigenvalue weighted by atomic mass is 10.1. The third-order valence-corrected chi connectivity index (χ3v) is 3.85. The van der Waals surface area contributed by atoms with Gasteiger partial charge in [0.25, 0.3) is 5.91 Å². The molecule has 126 valence electrons. The summed E-state index contributed by atoms with van der Waals surface area (Å²) in [4.78, 5) is 25.3. The van der Waals surface area contributed by atoms with Crippen molar-refractivity contribution in [2.75, 3.05) is 14.1 Å². The second kappa shape index (κ2) is 8.24. The summed E-state index contributed by atoms with van der Waals surface area (Å²) in [5.74, 6) is -0.470. The van der Waals surface area contributed by atoms with Crippen LogP contribution < -0.4 is 5.32 Å². The van der Waals surface area contributed by atoms with Crippen molar-refractivity contribution < 1.29 is 14.0 Å². The number of nitrogens with zero attached hydrogens (tertiary/aromatic N) is 1. The Kier molecular flexibility index (Phi) is 6.07. The lowest BCUT2D eigenvalue weighted by molar-refractivity contribution is -0.130. The Morgan fingerprint density at radius 2 is 1.75 bits per heavy atom. The molecule has 0 aliphatic carbocycles. The van der Waals surface area contributed by atoms with Gasteiger partial charge in [-0.1, -0.05) is 30.3 Å². The average molecular weight is 328 g/mol. The molecule has 4 nitrogen and oxygen atoms in total. The van der Waals surface area contributed by atoms with Crippen LogP contribution in [0.1, 0.15) is 27.9 Å². The van der Waals surface area contributed by atoms with Gasteiger partial charge < -0.3 is 10.2 Å². The predicted molar refractivity (Wildman–Crippen MR) is 91.0 cm³/mol. The molecule has 0 unspecified atom stereocenters. The predicted octanol–water partition coefficient (Wildman–Crippen LogP) is 2.78. The normalized spacial score (nSPS) is 10.3. The number of nitrogens with one attached hydrogen (secondary N) is 1. The minimum Gasteiger partial charge on any atom is -0.355 e. The molecule has 2 aromatic carbocycles. The number of benzene rings is 2. The Bertz CT molecular complexity index is 714. The quantitative estimate of drug-likeness (QED) is 0.886. The van der Waals surface area contributed by atoms with E-state index in [4.69, 9.17) is 0 Å². The van der Waals surface area contributed by atoms with Gasteiger partial charge in [0.2, 0.25) is 5.91 Å². The highest BCUT2D eigenvalue weighted by atomic mass is 19.1. The first kappa shape index (κ1) is 17.7. The summed E-state index contributed by atoms with van der Waals surface area (Å²) in [7, 11) is 3.30. The molecule has 24 heavy (non-hydrogen) atoms. The van der Waals surface area contributed by atoms with Crippen LogP contribution in [0.2, 0.25) is 0 Å². The number of rotatable bonds is 6. The largest absolute Gasteiger partial charge is 0.355 e. The minimum absolute atomic E-state index is 0.0476. The zero-order chi connectivity index (χ0) is 17.5. The molecule has 2 aromatic rings. The van der Waals surface area contributed by atoms with Crippen LogP contribution in [0, 0.1) is 5.82 Å². The number of amides is 2. The molecule has 2 rings (SSSR count). The highest BCUT2D eigenvalue weighted by Gasteiger charge is 2.11. The summed E-state index contributed by atoms with van der Waals surface area (Å²) in [6.07, 6.45) is 0.638. The smallest absolute Gasteiger partial charge is 0.251 e. The van der Waals surface area contributed by atoms with Gasteiger partial charge in [-0.05, 0) is 35.7 Å². The van der Waals surface area contributed by atoms with E-state index < -0.39 is 0 Å². The van der Waals surface area contributed by atoms with E-state index in [1.54, 1.807) is 49.3 Å². The van der Waals surface area contributed by atoms with Gasteiger partial charge in [-0.2, -0.15) is 0 Å². The van der Waals surface area contributed by atoms with Crippen LogP contribution in [0.3, 0.4) is 0 Å². The molecule has 1 N–H and O–H groups in total. The summed E-state index contributed by atoms with van der Waals surface area (Å²) >= 11 is 0. The van der Waals surface area contributed by atoms with Gasteiger partial charge in [-0.3, -0.25) is 9.59 Å². The summed E-state index contributed by atoms with van der Waals surface area (Å²) in [6, 6.07) is 13.6. The fraction of sp³-hybridized carbons (Fsp3) is 0.263. The van der Waals surface area contributed by atoms with Crippen LogP contribution >= 0.6 is 0 Å². The third-order valence-electron chi connectivity index (χ3n) is 3.85. The number of halogens is 1. The van der Waals surface area contributed by atoms with Crippen LogP contribution in [0.25, 0.3) is 0 Å². The van der Waals surface area contributed by atoms with Gasteiger partial charge in [0, 0.05) is 32.6 Å². The minimum atomic E-state index is -0.280. The third kappa shape index (κ3) is 4.65. The molecule has 0 bridgehead atoms. The zero-order valence-corrected chi connectivity index (χ0v) is 13.9. The number of carbonyl (C=O) groups excluding carboxylic acids is 2. The van der Waals surface area contributed by atoms with Crippen LogP contribution in [-0.4, -0.2) is 30.8 Å². The van der Waals surface area contributed by atoms with Crippen molar-refractivity contribution in [3.8, 4) is 0 Å². The van der Waals surface area contributed by atoms with Crippen molar-refractivity contribution in [1.82, 2.24) is 10.2 Å². The van der Waals surface area contributed by atoms with E-state index in [2.05, 4.69) is 5.32 Å². The fourth-order valence-corrected chi connectivity index (χ4v) is 2.40. The monoisotopic (exact) mass is 328 g/mol. The average Bonchev–Trinajstić information content (AvgIpc) is 2.60. The first-order chi connectivity index (χ1) is 11.5. The van der Waals surface area contributed by atoms with Crippen LogP contribution in [0.5, 0.6) is 0 Å². The molecule has 0 heterocycles. The Balaban J connectivity index is 1.89. The van der Waals surface area contributed by atoms with E-state index in [1.807, 2.05) is 12.1 Å². The van der Waals surface area contributed by atoms with Gasteiger partial charge in [-0.15, -0.1) is 0 Å². The molecule has 5 heteroatoms. The first-order valence-corrected chi connectivity index (χ1v) is 7.79. The SMILES string of the molecule is CNC(=O)c1ccc(CN(C)C(=O)CCc2ccccc2F)cc1. The van der Waals surface area contributed by atoms with E-state index in [1.165, 1.54) is 6.07 Å². The second-order valence-electron chi connectivity index (χ2n) is 5.62. The van der Waals surface area contributed by atoms with Gasteiger partial charge in [0.1, 0.15) is 5.82 Å². The number of hydrogen-bond donors (Lipinski definition) is 1. The molecule has 0 saturated heterocycles. The van der Waals surface area contributed by atoms with Gasteiger partial charge >= 0.3 is 0 Å². The molecule has 2 amide bonds. The van der Waals surface area contributed by atoms with Crippen molar-refractivity contribution in [1.29, 1.82) is 0 Å². The number of hydrogen-bond acceptors (Lipinski definition) is 2. The maximum atomic E-state index is 13.6. The maximum Gasteiger partial charge on any atom is 0.251 e. The summed E-state index contributed by atoms with van der Waals surface area (Å²) < 4.78 is 13.6. The molecule has 0 saturated carbocycles. The summed E-state index contributed by atoms with van der Waals surface area (Å²) in [6.45, 7) is 0.449. The summed E-state index contributed by atoms with van der Waals surface area (Å²) in [5.41, 5.74) is 2.06. The summed E-state index contributed by atoms with van der Waals surface area (Å²) in [5, 5.41) is 2.56. The topological polar surface area (TPSA) is 49.4 Å². The molecule has 0 aromatic heterocycles. The number of carbonyl (C=O) groups is 2. The second-order valence-corrected chi connectivity index (χ2v) is 5.62. The van der Waals surface area contributed by atoms with E-state index in [-0.39, 0.29) is 24.1 Å². The van der Waals surface area contributed by atoms with E-state index in [0.717, 1.165) is 5.56 Å². The molecular formula is C19H21FN2O2. The van der Waals surface area contributed by atoms with Crippen molar-refractivity contribution in [3.05, 3.63) is 71.0 Å². The zero-order valence-electron chi connectivity index (χ0n) is 13.9. The first-order valence-electron chi connectivity index (χ1n) is 7.79. The van der Waals surface area contributed by atoms with E-state index in [9.17, 15) is 14.0 Å².